The quantitative estimate of drug-likeness (QED) is 0.325. The van der Waals surface area contributed by atoms with Gasteiger partial charge in [-0.05, 0) is 66.9 Å². The molecular weight excluding hydrogens is 569 g/mol. The van der Waals surface area contributed by atoms with Crippen LogP contribution >= 0.6 is 34.8 Å². The van der Waals surface area contributed by atoms with Crippen LogP contribution in [0.2, 0.25) is 15.1 Å². The van der Waals surface area contributed by atoms with Gasteiger partial charge in [-0.1, -0.05) is 66.0 Å². The maximum atomic E-state index is 13.9. The number of sulfonamides is 1. The van der Waals surface area contributed by atoms with E-state index in [0.29, 0.717) is 38.3 Å². The number of carbonyl (C=O) groups excluding carboxylic acids is 2. The second-order valence-electron chi connectivity index (χ2n) is 8.55. The van der Waals surface area contributed by atoms with Crippen molar-refractivity contribution in [3.8, 4) is 0 Å². The molecule has 11 heteroatoms. The van der Waals surface area contributed by atoms with Crippen LogP contribution in [-0.2, 0) is 26.2 Å². The zero-order valence-electron chi connectivity index (χ0n) is 21.1. The number of carbonyl (C=O) groups is 2. The zero-order chi connectivity index (χ0) is 28.0. The number of hydrogen-bond donors (Lipinski definition) is 1. The normalized spacial score (nSPS) is 12.1. The summed E-state index contributed by atoms with van der Waals surface area (Å²) < 4.78 is 28.7. The smallest absolute Gasteiger partial charge is 0.264 e. The number of likely N-dealkylation sites (N-methyl/N-ethyl adjacent to an activating group) is 1. The van der Waals surface area contributed by atoms with E-state index in [2.05, 4.69) is 5.32 Å². The first-order chi connectivity index (χ1) is 18.0. The molecule has 1 atom stereocenters. The number of anilines is 1. The number of nitrogens with one attached hydrogen (secondary N) is 1. The Bertz CT molecular complexity index is 1420. The molecule has 3 rings (SSSR count). The highest BCUT2D eigenvalue weighted by atomic mass is 35.5. The highest BCUT2D eigenvalue weighted by Gasteiger charge is 2.34. The van der Waals surface area contributed by atoms with Crippen molar-refractivity contribution >= 4 is 62.3 Å². The number of rotatable bonds is 10. The third kappa shape index (κ3) is 6.80. The van der Waals surface area contributed by atoms with Crippen molar-refractivity contribution in [1.29, 1.82) is 0 Å². The van der Waals surface area contributed by atoms with Crippen molar-refractivity contribution in [1.82, 2.24) is 10.2 Å². The van der Waals surface area contributed by atoms with Crippen LogP contribution in [0.5, 0.6) is 0 Å². The maximum Gasteiger partial charge on any atom is 0.264 e. The summed E-state index contributed by atoms with van der Waals surface area (Å²) in [6.45, 7) is 2.90. The first-order valence-corrected chi connectivity index (χ1v) is 14.4. The van der Waals surface area contributed by atoms with Crippen molar-refractivity contribution in [2.75, 3.05) is 17.9 Å². The molecule has 0 radical (unpaired) electrons. The molecule has 2 amide bonds. The molecule has 1 N–H and O–H groups in total. The minimum Gasteiger partial charge on any atom is -0.357 e. The fraction of sp³-hybridized carbons (Fsp3) is 0.259. The van der Waals surface area contributed by atoms with E-state index in [-0.39, 0.29) is 17.3 Å². The summed E-state index contributed by atoms with van der Waals surface area (Å²) in [5.41, 5.74) is 1.42. The lowest BCUT2D eigenvalue weighted by Crippen LogP contribution is -2.51. The Balaban J connectivity index is 2.10. The Morgan fingerprint density at radius 3 is 2.16 bits per heavy atom. The standard InChI is InChI=1S/C27H28Cl3N3O4S/c1-4-24(27(35)31-3)32(16-19-10-11-21(29)15-23(19)30)26(34)17-33(25-13-12-20(28)14-18(25)2)38(36,37)22-8-6-5-7-9-22/h5-15,24H,4,16-17H2,1-3H3,(H,31,35). The Kier molecular flexibility index (Phi) is 10.1. The summed E-state index contributed by atoms with van der Waals surface area (Å²) >= 11 is 18.6. The summed E-state index contributed by atoms with van der Waals surface area (Å²) in [5, 5.41) is 3.76. The molecule has 0 fully saturated rings. The van der Waals surface area contributed by atoms with E-state index in [1.807, 2.05) is 0 Å². The molecule has 3 aromatic rings. The minimum absolute atomic E-state index is 0.0211. The third-order valence-electron chi connectivity index (χ3n) is 6.03. The zero-order valence-corrected chi connectivity index (χ0v) is 24.2. The van der Waals surface area contributed by atoms with E-state index >= 15 is 0 Å². The molecule has 0 aromatic heterocycles. The molecule has 0 aliphatic rings. The van der Waals surface area contributed by atoms with Gasteiger partial charge in [-0.2, -0.15) is 0 Å². The highest BCUT2D eigenvalue weighted by molar-refractivity contribution is 7.92. The SMILES string of the molecule is CCC(C(=O)NC)N(Cc1ccc(Cl)cc1Cl)C(=O)CN(c1ccc(Cl)cc1C)S(=O)(=O)c1ccccc1. The van der Waals surface area contributed by atoms with Gasteiger partial charge in [-0.3, -0.25) is 13.9 Å². The summed E-state index contributed by atoms with van der Waals surface area (Å²) in [5.74, 6) is -0.966. The average Bonchev–Trinajstić information content (AvgIpc) is 2.88. The van der Waals surface area contributed by atoms with Gasteiger partial charge >= 0.3 is 0 Å². The van der Waals surface area contributed by atoms with Crippen LogP contribution in [0.4, 0.5) is 5.69 Å². The monoisotopic (exact) mass is 595 g/mol. The van der Waals surface area contributed by atoms with Gasteiger partial charge in [0.15, 0.2) is 0 Å². The van der Waals surface area contributed by atoms with Crippen molar-refractivity contribution in [3.63, 3.8) is 0 Å². The lowest BCUT2D eigenvalue weighted by molar-refractivity contribution is -0.140. The molecule has 0 aliphatic heterocycles. The van der Waals surface area contributed by atoms with Crippen LogP contribution in [-0.4, -0.2) is 44.8 Å². The molecule has 0 saturated carbocycles. The Morgan fingerprint density at radius 1 is 0.947 bits per heavy atom. The van der Waals surface area contributed by atoms with Crippen molar-refractivity contribution < 1.29 is 18.0 Å². The topological polar surface area (TPSA) is 86.8 Å². The van der Waals surface area contributed by atoms with Gasteiger partial charge in [0.05, 0.1) is 10.6 Å². The van der Waals surface area contributed by atoms with Gasteiger partial charge in [0.2, 0.25) is 11.8 Å². The Morgan fingerprint density at radius 2 is 1.58 bits per heavy atom. The Hall–Kier alpha value is -2.78. The number of halogens is 3. The second-order valence-corrected chi connectivity index (χ2v) is 11.7. The molecule has 202 valence electrons. The molecule has 0 spiro atoms. The van der Waals surface area contributed by atoms with Gasteiger partial charge in [0.1, 0.15) is 12.6 Å². The van der Waals surface area contributed by atoms with Crippen LogP contribution in [0.1, 0.15) is 24.5 Å². The predicted octanol–water partition coefficient (Wildman–Crippen LogP) is 5.70. The van der Waals surface area contributed by atoms with Gasteiger partial charge in [-0.15, -0.1) is 0 Å². The van der Waals surface area contributed by atoms with Crippen molar-refractivity contribution in [3.05, 3.63) is 92.9 Å². The molecule has 7 nitrogen and oxygen atoms in total. The number of hydrogen-bond acceptors (Lipinski definition) is 4. The van der Waals surface area contributed by atoms with Gasteiger partial charge in [0, 0.05) is 28.7 Å². The van der Waals surface area contributed by atoms with Gasteiger partial charge < -0.3 is 10.2 Å². The minimum atomic E-state index is -4.16. The molecule has 0 aliphatic carbocycles. The van der Waals surface area contributed by atoms with E-state index in [4.69, 9.17) is 34.8 Å². The first-order valence-electron chi connectivity index (χ1n) is 11.8. The van der Waals surface area contributed by atoms with E-state index in [1.54, 1.807) is 68.4 Å². The summed E-state index contributed by atoms with van der Waals surface area (Å²) in [6.07, 6.45) is 0.294. The number of nitrogens with zero attached hydrogens (tertiary/aromatic N) is 2. The van der Waals surface area contributed by atoms with E-state index in [9.17, 15) is 18.0 Å². The molecular formula is C27H28Cl3N3O4S. The maximum absolute atomic E-state index is 13.9. The second kappa shape index (κ2) is 12.8. The van der Waals surface area contributed by atoms with Crippen LogP contribution in [0.25, 0.3) is 0 Å². The van der Waals surface area contributed by atoms with Crippen molar-refractivity contribution in [2.45, 2.75) is 37.8 Å². The molecule has 0 bridgehead atoms. The molecule has 1 unspecified atom stereocenters. The lowest BCUT2D eigenvalue weighted by Gasteiger charge is -2.33. The van der Waals surface area contributed by atoms with Crippen LogP contribution in [0.15, 0.2) is 71.6 Å². The number of benzene rings is 3. The van der Waals surface area contributed by atoms with Crippen LogP contribution in [0, 0.1) is 6.92 Å². The predicted molar refractivity (Wildman–Crippen MR) is 152 cm³/mol. The summed E-state index contributed by atoms with van der Waals surface area (Å²) in [7, 11) is -2.69. The highest BCUT2D eigenvalue weighted by Crippen LogP contribution is 2.30. The number of aryl methyl sites for hydroxylation is 1. The summed E-state index contributed by atoms with van der Waals surface area (Å²) in [6, 6.07) is 16.6. The largest absolute Gasteiger partial charge is 0.357 e. The van der Waals surface area contributed by atoms with Crippen LogP contribution < -0.4 is 9.62 Å². The van der Waals surface area contributed by atoms with Crippen molar-refractivity contribution in [2.24, 2.45) is 0 Å². The van der Waals surface area contributed by atoms with E-state index in [0.717, 1.165) is 4.31 Å². The van der Waals surface area contributed by atoms with E-state index in [1.165, 1.54) is 24.1 Å². The number of amides is 2. The lowest BCUT2D eigenvalue weighted by atomic mass is 10.1. The van der Waals surface area contributed by atoms with Gasteiger partial charge in [0.25, 0.3) is 10.0 Å². The first kappa shape index (κ1) is 29.8. The van der Waals surface area contributed by atoms with Gasteiger partial charge in [-0.25, -0.2) is 8.42 Å². The molecule has 3 aromatic carbocycles. The van der Waals surface area contributed by atoms with Crippen LogP contribution in [0.3, 0.4) is 0 Å². The summed E-state index contributed by atoms with van der Waals surface area (Å²) in [4.78, 5) is 28.1. The molecule has 0 saturated heterocycles. The molecule has 0 heterocycles. The third-order valence-corrected chi connectivity index (χ3v) is 8.62. The Labute approximate surface area is 238 Å². The van der Waals surface area contributed by atoms with E-state index < -0.39 is 28.5 Å². The fourth-order valence-electron chi connectivity index (χ4n) is 4.05. The average molecular weight is 597 g/mol. The fourth-order valence-corrected chi connectivity index (χ4v) is 6.25. The molecule has 38 heavy (non-hydrogen) atoms.